The van der Waals surface area contributed by atoms with Gasteiger partial charge in [-0.2, -0.15) is 0 Å². The summed E-state index contributed by atoms with van der Waals surface area (Å²) in [6.45, 7) is 4.83. The Labute approximate surface area is 130 Å². The zero-order valence-electron chi connectivity index (χ0n) is 11.8. The minimum absolute atomic E-state index is 0.272. The summed E-state index contributed by atoms with van der Waals surface area (Å²) in [5.74, 6) is 0.272. The molecule has 106 valence electrons. The highest BCUT2D eigenvalue weighted by Gasteiger charge is 2.15. The molecule has 3 heteroatoms. The Bertz CT molecular complexity index is 608. The maximum absolute atomic E-state index is 6.26. The quantitative estimate of drug-likeness (QED) is 0.854. The summed E-state index contributed by atoms with van der Waals surface area (Å²) in [6.07, 6.45) is 0.830. The van der Waals surface area contributed by atoms with Gasteiger partial charge in [0.05, 0.1) is 0 Å². The van der Waals surface area contributed by atoms with E-state index in [1.165, 1.54) is 16.7 Å². The van der Waals surface area contributed by atoms with E-state index in [0.29, 0.717) is 16.6 Å². The van der Waals surface area contributed by atoms with E-state index in [9.17, 15) is 0 Å². The number of rotatable bonds is 4. The van der Waals surface area contributed by atoms with Crippen LogP contribution >= 0.6 is 23.2 Å². The Hall–Kier alpha value is -1.02. The Balaban J connectivity index is 2.31. The van der Waals surface area contributed by atoms with Crippen LogP contribution in [0.2, 0.25) is 10.0 Å². The van der Waals surface area contributed by atoms with Gasteiger partial charge in [-0.1, -0.05) is 53.0 Å². The first-order valence-corrected chi connectivity index (χ1v) is 7.48. The van der Waals surface area contributed by atoms with E-state index < -0.39 is 0 Å². The van der Waals surface area contributed by atoms with Crippen LogP contribution < -0.4 is 5.73 Å². The molecule has 0 heterocycles. The summed E-state index contributed by atoms with van der Waals surface area (Å²) in [4.78, 5) is 0. The predicted octanol–water partition coefficient (Wildman–Crippen LogP) is 4.90. The third kappa shape index (κ3) is 3.54. The van der Waals surface area contributed by atoms with Gasteiger partial charge in [-0.15, -0.1) is 0 Å². The molecule has 0 amide bonds. The monoisotopic (exact) mass is 307 g/mol. The lowest BCUT2D eigenvalue weighted by Gasteiger charge is -2.19. The SMILES string of the molecule is Cc1ccc(C)c(C(CN)Cc2ccc(Cl)cc2Cl)c1. The second kappa shape index (κ2) is 6.62. The number of nitrogens with two attached hydrogens (primary N) is 1. The normalized spacial score (nSPS) is 12.4. The van der Waals surface area contributed by atoms with Crippen molar-refractivity contribution in [3.05, 3.63) is 68.7 Å². The van der Waals surface area contributed by atoms with E-state index in [-0.39, 0.29) is 5.92 Å². The first-order valence-electron chi connectivity index (χ1n) is 6.72. The minimum Gasteiger partial charge on any atom is -0.330 e. The molecule has 20 heavy (non-hydrogen) atoms. The third-order valence-corrected chi connectivity index (χ3v) is 4.23. The van der Waals surface area contributed by atoms with Gasteiger partial charge >= 0.3 is 0 Å². The van der Waals surface area contributed by atoms with E-state index in [1.54, 1.807) is 6.07 Å². The van der Waals surface area contributed by atoms with Crippen LogP contribution in [-0.2, 0) is 6.42 Å². The Morgan fingerprint density at radius 3 is 2.45 bits per heavy atom. The van der Waals surface area contributed by atoms with Gasteiger partial charge in [0.2, 0.25) is 0 Å². The fraction of sp³-hybridized carbons (Fsp3) is 0.294. The van der Waals surface area contributed by atoms with Crippen molar-refractivity contribution in [2.24, 2.45) is 5.73 Å². The summed E-state index contributed by atoms with van der Waals surface area (Å²) in [5.41, 5.74) is 10.9. The molecule has 2 aromatic carbocycles. The fourth-order valence-corrected chi connectivity index (χ4v) is 2.96. The summed E-state index contributed by atoms with van der Waals surface area (Å²) in [6, 6.07) is 12.1. The Kier molecular flexibility index (Phi) is 5.09. The number of hydrogen-bond acceptors (Lipinski definition) is 1. The lowest BCUT2D eigenvalue weighted by atomic mass is 9.88. The van der Waals surface area contributed by atoms with Gasteiger partial charge in [-0.25, -0.2) is 0 Å². The summed E-state index contributed by atoms with van der Waals surface area (Å²) < 4.78 is 0. The third-order valence-electron chi connectivity index (χ3n) is 3.64. The molecule has 0 saturated heterocycles. The molecule has 0 radical (unpaired) electrons. The number of halogens is 2. The smallest absolute Gasteiger partial charge is 0.0453 e. The molecule has 0 aromatic heterocycles. The van der Waals surface area contributed by atoms with Gasteiger partial charge in [-0.05, 0) is 55.6 Å². The van der Waals surface area contributed by atoms with Crippen LogP contribution in [0, 0.1) is 13.8 Å². The second-order valence-corrected chi connectivity index (χ2v) is 6.08. The average Bonchev–Trinajstić information content (AvgIpc) is 2.41. The van der Waals surface area contributed by atoms with Crippen LogP contribution in [0.3, 0.4) is 0 Å². The van der Waals surface area contributed by atoms with Crippen molar-refractivity contribution in [3.8, 4) is 0 Å². The molecule has 1 atom stereocenters. The number of hydrogen-bond donors (Lipinski definition) is 1. The molecule has 0 aliphatic heterocycles. The first-order chi connectivity index (χ1) is 9.51. The van der Waals surface area contributed by atoms with Crippen LogP contribution in [0.15, 0.2) is 36.4 Å². The largest absolute Gasteiger partial charge is 0.330 e. The van der Waals surface area contributed by atoms with E-state index in [0.717, 1.165) is 12.0 Å². The van der Waals surface area contributed by atoms with Gasteiger partial charge in [0.25, 0.3) is 0 Å². The van der Waals surface area contributed by atoms with Crippen molar-refractivity contribution < 1.29 is 0 Å². The van der Waals surface area contributed by atoms with E-state index in [1.807, 2.05) is 12.1 Å². The molecule has 0 bridgehead atoms. The second-order valence-electron chi connectivity index (χ2n) is 5.23. The highest BCUT2D eigenvalue weighted by atomic mass is 35.5. The maximum atomic E-state index is 6.26. The van der Waals surface area contributed by atoms with E-state index in [2.05, 4.69) is 32.0 Å². The summed E-state index contributed by atoms with van der Waals surface area (Å²) in [7, 11) is 0. The molecule has 2 N–H and O–H groups in total. The highest BCUT2D eigenvalue weighted by molar-refractivity contribution is 6.35. The highest BCUT2D eigenvalue weighted by Crippen LogP contribution is 2.28. The van der Waals surface area contributed by atoms with Crippen molar-refractivity contribution in [1.29, 1.82) is 0 Å². The Morgan fingerprint density at radius 1 is 1.05 bits per heavy atom. The minimum atomic E-state index is 0.272. The molecule has 0 aliphatic rings. The average molecular weight is 308 g/mol. The molecule has 0 fully saturated rings. The fourth-order valence-electron chi connectivity index (χ4n) is 2.47. The van der Waals surface area contributed by atoms with Crippen LogP contribution in [0.1, 0.15) is 28.2 Å². The van der Waals surface area contributed by atoms with Crippen LogP contribution in [0.5, 0.6) is 0 Å². The van der Waals surface area contributed by atoms with Crippen molar-refractivity contribution in [3.63, 3.8) is 0 Å². The lowest BCUT2D eigenvalue weighted by Crippen LogP contribution is -2.16. The number of benzene rings is 2. The van der Waals surface area contributed by atoms with Crippen LogP contribution in [0.4, 0.5) is 0 Å². The van der Waals surface area contributed by atoms with Gasteiger partial charge < -0.3 is 5.73 Å². The van der Waals surface area contributed by atoms with E-state index in [4.69, 9.17) is 28.9 Å². The predicted molar refractivity (Wildman–Crippen MR) is 87.9 cm³/mol. The number of aryl methyl sites for hydroxylation is 2. The molecular weight excluding hydrogens is 289 g/mol. The molecule has 1 unspecified atom stereocenters. The van der Waals surface area contributed by atoms with Crippen molar-refractivity contribution in [2.75, 3.05) is 6.54 Å². The molecular formula is C17H19Cl2N. The van der Waals surface area contributed by atoms with Crippen LogP contribution in [0.25, 0.3) is 0 Å². The van der Waals surface area contributed by atoms with Crippen LogP contribution in [-0.4, -0.2) is 6.54 Å². The zero-order chi connectivity index (χ0) is 14.7. The summed E-state index contributed by atoms with van der Waals surface area (Å²) in [5, 5.41) is 1.37. The first kappa shape index (κ1) is 15.4. The van der Waals surface area contributed by atoms with Crippen molar-refractivity contribution >= 4 is 23.2 Å². The molecule has 0 aliphatic carbocycles. The molecule has 0 spiro atoms. The standard InChI is InChI=1S/C17H19Cl2N/c1-11-3-4-12(2)16(7-11)14(10-20)8-13-5-6-15(18)9-17(13)19/h3-7,9,14H,8,10,20H2,1-2H3. The molecule has 0 saturated carbocycles. The molecule has 1 nitrogen and oxygen atoms in total. The topological polar surface area (TPSA) is 26.0 Å². The Morgan fingerprint density at radius 2 is 1.80 bits per heavy atom. The van der Waals surface area contributed by atoms with E-state index >= 15 is 0 Å². The van der Waals surface area contributed by atoms with Crippen molar-refractivity contribution in [2.45, 2.75) is 26.2 Å². The molecule has 2 rings (SSSR count). The lowest BCUT2D eigenvalue weighted by molar-refractivity contribution is 0.689. The van der Waals surface area contributed by atoms with Gasteiger partial charge in [0.15, 0.2) is 0 Å². The van der Waals surface area contributed by atoms with Gasteiger partial charge in [0, 0.05) is 16.0 Å². The summed E-state index contributed by atoms with van der Waals surface area (Å²) >= 11 is 12.2. The van der Waals surface area contributed by atoms with Crippen molar-refractivity contribution in [1.82, 2.24) is 0 Å². The zero-order valence-corrected chi connectivity index (χ0v) is 13.3. The van der Waals surface area contributed by atoms with Gasteiger partial charge in [0.1, 0.15) is 0 Å². The van der Waals surface area contributed by atoms with Gasteiger partial charge in [-0.3, -0.25) is 0 Å². The molecule has 2 aromatic rings. The maximum Gasteiger partial charge on any atom is 0.0453 e.